The lowest BCUT2D eigenvalue weighted by Crippen LogP contribution is -2.15. The van der Waals surface area contributed by atoms with Gasteiger partial charge in [0.25, 0.3) is 0 Å². The Labute approximate surface area is 163 Å². The van der Waals surface area contributed by atoms with Crippen molar-refractivity contribution in [2.75, 3.05) is 21.0 Å². The van der Waals surface area contributed by atoms with Crippen LogP contribution in [-0.2, 0) is 11.2 Å². The van der Waals surface area contributed by atoms with Gasteiger partial charge in [-0.05, 0) is 35.2 Å². The average Bonchev–Trinajstić information content (AvgIpc) is 2.70. The fourth-order valence-corrected chi connectivity index (χ4v) is 4.49. The van der Waals surface area contributed by atoms with Crippen LogP contribution >= 0.6 is 8.58 Å². The number of aliphatic imine (C=N–C) groups is 1. The van der Waals surface area contributed by atoms with Crippen LogP contribution in [0.1, 0.15) is 17.5 Å². The second-order valence-electron chi connectivity index (χ2n) is 6.46. The SMILES string of the molecule is CN=Cc1ccccc1Pc1cccc(CC2C=CC=CC2)c1OCOC. The molecule has 0 saturated carbocycles. The topological polar surface area (TPSA) is 30.8 Å². The maximum atomic E-state index is 6.04. The summed E-state index contributed by atoms with van der Waals surface area (Å²) < 4.78 is 11.2. The average molecular weight is 379 g/mol. The van der Waals surface area contributed by atoms with E-state index in [9.17, 15) is 0 Å². The highest BCUT2D eigenvalue weighted by Crippen LogP contribution is 2.28. The number of ether oxygens (including phenoxy) is 2. The number of methoxy groups -OCH3 is 1. The lowest BCUT2D eigenvalue weighted by molar-refractivity contribution is 0.0511. The molecule has 140 valence electrons. The molecule has 1 aliphatic rings. The van der Waals surface area contributed by atoms with E-state index in [1.165, 1.54) is 16.2 Å². The fourth-order valence-electron chi connectivity index (χ4n) is 3.21. The first-order chi connectivity index (χ1) is 13.3. The fraction of sp³-hybridized carbons (Fsp3) is 0.261. The monoisotopic (exact) mass is 379 g/mol. The van der Waals surface area contributed by atoms with Gasteiger partial charge in [-0.3, -0.25) is 4.99 Å². The highest BCUT2D eigenvalue weighted by molar-refractivity contribution is 7.56. The maximum absolute atomic E-state index is 6.04. The Balaban J connectivity index is 1.91. The summed E-state index contributed by atoms with van der Waals surface area (Å²) in [6.45, 7) is 0.257. The first-order valence-electron chi connectivity index (χ1n) is 9.17. The van der Waals surface area contributed by atoms with Crippen LogP contribution in [0, 0.1) is 5.92 Å². The highest BCUT2D eigenvalue weighted by atomic mass is 31.1. The number of allylic oxidation sites excluding steroid dienone is 4. The molecule has 1 aliphatic carbocycles. The Hall–Kier alpha value is -2.22. The Bertz CT molecular complexity index is 842. The minimum atomic E-state index is 0.257. The van der Waals surface area contributed by atoms with Gasteiger partial charge in [0.15, 0.2) is 6.79 Å². The Kier molecular flexibility index (Phi) is 7.38. The zero-order valence-electron chi connectivity index (χ0n) is 15.9. The third kappa shape index (κ3) is 5.38. The molecule has 2 aromatic carbocycles. The molecule has 27 heavy (non-hydrogen) atoms. The summed E-state index contributed by atoms with van der Waals surface area (Å²) in [6.07, 6.45) is 12.7. The molecule has 4 heteroatoms. The molecule has 0 fully saturated rings. The lowest BCUT2D eigenvalue weighted by Gasteiger charge is -2.19. The van der Waals surface area contributed by atoms with Crippen molar-refractivity contribution in [3.63, 3.8) is 0 Å². The number of hydrogen-bond donors (Lipinski definition) is 0. The molecule has 0 aromatic heterocycles. The second-order valence-corrected chi connectivity index (χ2v) is 7.78. The van der Waals surface area contributed by atoms with E-state index in [1.807, 2.05) is 12.3 Å². The molecule has 2 aromatic rings. The molecule has 2 unspecified atom stereocenters. The van der Waals surface area contributed by atoms with Gasteiger partial charge in [0.05, 0.1) is 0 Å². The zero-order chi connectivity index (χ0) is 18.9. The van der Waals surface area contributed by atoms with Gasteiger partial charge < -0.3 is 9.47 Å². The van der Waals surface area contributed by atoms with Crippen molar-refractivity contribution >= 4 is 25.4 Å². The molecule has 0 heterocycles. The number of rotatable bonds is 8. The lowest BCUT2D eigenvalue weighted by atomic mass is 9.93. The molecule has 2 atom stereocenters. The van der Waals surface area contributed by atoms with Gasteiger partial charge in [-0.15, -0.1) is 0 Å². The first kappa shape index (κ1) is 19.5. The van der Waals surface area contributed by atoms with Gasteiger partial charge in [0.1, 0.15) is 5.75 Å². The van der Waals surface area contributed by atoms with Gasteiger partial charge in [0, 0.05) is 25.7 Å². The van der Waals surface area contributed by atoms with Crippen molar-refractivity contribution in [3.8, 4) is 5.75 Å². The Morgan fingerprint density at radius 2 is 1.96 bits per heavy atom. The molecule has 0 spiro atoms. The van der Waals surface area contributed by atoms with Crippen LogP contribution in [0.2, 0.25) is 0 Å². The van der Waals surface area contributed by atoms with Gasteiger partial charge >= 0.3 is 0 Å². The molecule has 0 bridgehead atoms. The molecule has 0 radical (unpaired) electrons. The molecule has 3 nitrogen and oxygen atoms in total. The van der Waals surface area contributed by atoms with Gasteiger partial charge in [-0.1, -0.05) is 75.3 Å². The summed E-state index contributed by atoms with van der Waals surface area (Å²) in [7, 11) is 3.96. The molecule has 0 N–H and O–H groups in total. The predicted molar refractivity (Wildman–Crippen MR) is 117 cm³/mol. The van der Waals surface area contributed by atoms with Crippen molar-refractivity contribution in [2.24, 2.45) is 10.9 Å². The van der Waals surface area contributed by atoms with Crippen LogP contribution in [0.25, 0.3) is 0 Å². The molecule has 0 saturated heterocycles. The predicted octanol–water partition coefficient (Wildman–Crippen LogP) is 4.02. The zero-order valence-corrected chi connectivity index (χ0v) is 16.9. The normalized spacial score (nSPS) is 16.6. The summed E-state index contributed by atoms with van der Waals surface area (Å²) in [5.41, 5.74) is 2.39. The standard InChI is InChI=1S/C23H26NO2P/c1-24-16-20-11-6-7-13-21(20)27-22-14-8-12-19(23(22)26-17-25-2)15-18-9-4-3-5-10-18/h3-9,11-14,16,18,27H,10,15,17H2,1-2H3. The van der Waals surface area contributed by atoms with Gasteiger partial charge in [-0.2, -0.15) is 0 Å². The molecular formula is C23H26NO2P. The molecule has 0 aliphatic heterocycles. The first-order valence-corrected chi connectivity index (χ1v) is 10.2. The third-order valence-corrected chi connectivity index (χ3v) is 5.86. The van der Waals surface area contributed by atoms with E-state index in [-0.39, 0.29) is 6.79 Å². The summed E-state index contributed by atoms with van der Waals surface area (Å²) >= 11 is 0. The van der Waals surface area contributed by atoms with Crippen LogP contribution < -0.4 is 15.3 Å². The summed E-state index contributed by atoms with van der Waals surface area (Å²) in [6, 6.07) is 14.9. The number of para-hydroxylation sites is 1. The summed E-state index contributed by atoms with van der Waals surface area (Å²) in [5, 5.41) is 2.47. The largest absolute Gasteiger partial charge is 0.467 e. The maximum Gasteiger partial charge on any atom is 0.188 e. The Morgan fingerprint density at radius 1 is 1.11 bits per heavy atom. The van der Waals surface area contributed by atoms with Crippen LogP contribution in [-0.4, -0.2) is 27.2 Å². The van der Waals surface area contributed by atoms with Gasteiger partial charge in [-0.25, -0.2) is 0 Å². The minimum absolute atomic E-state index is 0.257. The third-order valence-electron chi connectivity index (χ3n) is 4.47. The van der Waals surface area contributed by atoms with E-state index in [1.54, 1.807) is 14.2 Å². The van der Waals surface area contributed by atoms with Crippen molar-refractivity contribution in [1.29, 1.82) is 0 Å². The van der Waals surface area contributed by atoms with Crippen molar-refractivity contribution in [1.82, 2.24) is 0 Å². The van der Waals surface area contributed by atoms with E-state index >= 15 is 0 Å². The van der Waals surface area contributed by atoms with E-state index in [0.29, 0.717) is 14.5 Å². The quantitative estimate of drug-likeness (QED) is 0.394. The van der Waals surface area contributed by atoms with Crippen molar-refractivity contribution in [2.45, 2.75) is 12.8 Å². The van der Waals surface area contributed by atoms with E-state index in [4.69, 9.17) is 9.47 Å². The van der Waals surface area contributed by atoms with Crippen LogP contribution in [0.15, 0.2) is 71.8 Å². The second kappa shape index (κ2) is 10.2. The number of benzene rings is 2. The highest BCUT2D eigenvalue weighted by Gasteiger charge is 2.15. The minimum Gasteiger partial charge on any atom is -0.467 e. The van der Waals surface area contributed by atoms with Gasteiger partial charge in [0.2, 0.25) is 0 Å². The van der Waals surface area contributed by atoms with Crippen LogP contribution in [0.4, 0.5) is 0 Å². The Morgan fingerprint density at radius 3 is 2.74 bits per heavy atom. The summed E-state index contributed by atoms with van der Waals surface area (Å²) in [5.74, 6) is 1.47. The van der Waals surface area contributed by atoms with E-state index < -0.39 is 0 Å². The number of hydrogen-bond acceptors (Lipinski definition) is 3. The van der Waals surface area contributed by atoms with Crippen molar-refractivity contribution in [3.05, 3.63) is 77.9 Å². The van der Waals surface area contributed by atoms with E-state index in [0.717, 1.165) is 24.2 Å². The van der Waals surface area contributed by atoms with E-state index in [2.05, 4.69) is 65.7 Å². The molecule has 3 rings (SSSR count). The number of nitrogens with zero attached hydrogens (tertiary/aromatic N) is 1. The summed E-state index contributed by atoms with van der Waals surface area (Å²) in [4.78, 5) is 4.19. The van der Waals surface area contributed by atoms with Crippen LogP contribution in [0.3, 0.4) is 0 Å². The molecular weight excluding hydrogens is 353 g/mol. The van der Waals surface area contributed by atoms with Crippen LogP contribution in [0.5, 0.6) is 5.75 Å². The van der Waals surface area contributed by atoms with Crippen molar-refractivity contribution < 1.29 is 9.47 Å². The smallest absolute Gasteiger partial charge is 0.188 e. The molecule has 0 amide bonds.